The first-order chi connectivity index (χ1) is 11.1. The number of pyridine rings is 1. The molecule has 3 rings (SSSR count). The highest BCUT2D eigenvalue weighted by Gasteiger charge is 2.40. The van der Waals surface area contributed by atoms with Crippen molar-refractivity contribution in [2.45, 2.75) is 38.1 Å². The third kappa shape index (κ3) is 4.15. The zero-order valence-electron chi connectivity index (χ0n) is 13.2. The van der Waals surface area contributed by atoms with Gasteiger partial charge in [0.15, 0.2) is 0 Å². The molecule has 6 heteroatoms. The van der Waals surface area contributed by atoms with Gasteiger partial charge >= 0.3 is 0 Å². The number of carbonyl (C=O) groups excluding carboxylic acids is 1. The van der Waals surface area contributed by atoms with Gasteiger partial charge in [0.25, 0.3) is 0 Å². The van der Waals surface area contributed by atoms with E-state index < -0.39 is 0 Å². The molecule has 2 fully saturated rings. The Morgan fingerprint density at radius 3 is 2.74 bits per heavy atom. The molecule has 0 aliphatic heterocycles. The summed E-state index contributed by atoms with van der Waals surface area (Å²) in [6.45, 7) is 0.889. The molecule has 23 heavy (non-hydrogen) atoms. The van der Waals surface area contributed by atoms with Crippen molar-refractivity contribution in [3.05, 3.63) is 23.4 Å². The Kier molecular flexibility index (Phi) is 5.38. The van der Waals surface area contributed by atoms with Crippen LogP contribution in [0.4, 0.5) is 0 Å². The van der Waals surface area contributed by atoms with Crippen LogP contribution in [-0.2, 0) is 4.79 Å². The zero-order valence-corrected chi connectivity index (χ0v) is 14.0. The van der Waals surface area contributed by atoms with Gasteiger partial charge in [-0.3, -0.25) is 4.79 Å². The summed E-state index contributed by atoms with van der Waals surface area (Å²) in [6.07, 6.45) is 7.02. The Balaban J connectivity index is 1.40. The van der Waals surface area contributed by atoms with Crippen LogP contribution >= 0.6 is 11.6 Å². The van der Waals surface area contributed by atoms with E-state index in [1.54, 1.807) is 18.3 Å². The third-order valence-electron chi connectivity index (χ3n) is 5.14. The van der Waals surface area contributed by atoms with Crippen molar-refractivity contribution in [3.63, 3.8) is 0 Å². The number of ether oxygens (including phenoxy) is 1. The minimum Gasteiger partial charge on any atom is -0.476 e. The lowest BCUT2D eigenvalue weighted by Crippen LogP contribution is -2.49. The van der Waals surface area contributed by atoms with E-state index in [0.29, 0.717) is 41.9 Å². The van der Waals surface area contributed by atoms with E-state index in [4.69, 9.17) is 22.1 Å². The van der Waals surface area contributed by atoms with Gasteiger partial charge in [0, 0.05) is 24.2 Å². The predicted octanol–water partition coefficient (Wildman–Crippen LogP) is 2.38. The average Bonchev–Trinajstić information content (AvgIpc) is 2.53. The summed E-state index contributed by atoms with van der Waals surface area (Å²) < 4.78 is 5.49. The van der Waals surface area contributed by atoms with Crippen molar-refractivity contribution in [3.8, 4) is 5.88 Å². The molecule has 0 aromatic carbocycles. The lowest BCUT2D eigenvalue weighted by Gasteiger charge is -2.43. The van der Waals surface area contributed by atoms with Gasteiger partial charge < -0.3 is 15.8 Å². The molecule has 2 atom stereocenters. The fourth-order valence-electron chi connectivity index (χ4n) is 3.93. The first kappa shape index (κ1) is 16.5. The van der Waals surface area contributed by atoms with Crippen LogP contribution in [-0.4, -0.2) is 30.1 Å². The second-order valence-electron chi connectivity index (χ2n) is 6.65. The van der Waals surface area contributed by atoms with Crippen LogP contribution in [0.3, 0.4) is 0 Å². The van der Waals surface area contributed by atoms with Crippen LogP contribution in [0, 0.1) is 17.8 Å². The molecular weight excluding hydrogens is 314 g/mol. The van der Waals surface area contributed by atoms with E-state index in [-0.39, 0.29) is 11.8 Å². The molecule has 2 aliphatic carbocycles. The zero-order chi connectivity index (χ0) is 16.2. The number of nitrogens with one attached hydrogen (secondary N) is 1. The van der Waals surface area contributed by atoms with Gasteiger partial charge in [0.1, 0.15) is 6.61 Å². The Morgan fingerprint density at radius 1 is 1.35 bits per heavy atom. The smallest absolute Gasteiger partial charge is 0.223 e. The second kappa shape index (κ2) is 7.49. The third-order valence-corrected chi connectivity index (χ3v) is 5.36. The molecule has 1 aromatic rings. The SMILES string of the molecule is NC1C2CCCC1CC(C(=O)NCCOc1ccc(Cl)cn1)C2. The number of halogens is 1. The second-order valence-corrected chi connectivity index (χ2v) is 7.09. The largest absolute Gasteiger partial charge is 0.476 e. The van der Waals surface area contributed by atoms with Gasteiger partial charge in [0.05, 0.1) is 11.6 Å². The van der Waals surface area contributed by atoms with Crippen molar-refractivity contribution in [2.24, 2.45) is 23.5 Å². The van der Waals surface area contributed by atoms with Gasteiger partial charge in [-0.1, -0.05) is 18.0 Å². The summed E-state index contributed by atoms with van der Waals surface area (Å²) in [5, 5.41) is 3.56. The standard InChI is InChI=1S/C17H24ClN3O2/c18-14-4-5-15(21-10-14)23-7-6-20-17(22)13-8-11-2-1-3-12(9-13)16(11)19/h4-5,10-13,16H,1-3,6-9,19H2,(H,20,22). The lowest BCUT2D eigenvalue weighted by atomic mass is 9.65. The number of fused-ring (bicyclic) bond motifs is 2. The van der Waals surface area contributed by atoms with E-state index >= 15 is 0 Å². The summed E-state index contributed by atoms with van der Waals surface area (Å²) in [5.74, 6) is 1.81. The molecule has 2 unspecified atom stereocenters. The first-order valence-electron chi connectivity index (χ1n) is 8.41. The van der Waals surface area contributed by atoms with E-state index in [9.17, 15) is 4.79 Å². The summed E-state index contributed by atoms with van der Waals surface area (Å²) in [4.78, 5) is 16.4. The highest BCUT2D eigenvalue weighted by molar-refractivity contribution is 6.30. The summed E-state index contributed by atoms with van der Waals surface area (Å²) in [7, 11) is 0. The maximum absolute atomic E-state index is 12.4. The van der Waals surface area contributed by atoms with Crippen molar-refractivity contribution in [1.29, 1.82) is 0 Å². The number of hydrogen-bond acceptors (Lipinski definition) is 4. The van der Waals surface area contributed by atoms with Gasteiger partial charge in [-0.25, -0.2) is 4.98 Å². The topological polar surface area (TPSA) is 77.2 Å². The monoisotopic (exact) mass is 337 g/mol. The normalized spacial score (nSPS) is 29.8. The van der Waals surface area contributed by atoms with Crippen LogP contribution in [0.1, 0.15) is 32.1 Å². The highest BCUT2D eigenvalue weighted by Crippen LogP contribution is 2.41. The summed E-state index contributed by atoms with van der Waals surface area (Å²) >= 11 is 5.77. The fraction of sp³-hybridized carbons (Fsp3) is 0.647. The number of rotatable bonds is 5. The van der Waals surface area contributed by atoms with Crippen LogP contribution in [0.2, 0.25) is 5.02 Å². The number of carbonyl (C=O) groups is 1. The summed E-state index contributed by atoms with van der Waals surface area (Å²) in [6, 6.07) is 3.74. The van der Waals surface area contributed by atoms with Crippen LogP contribution in [0.25, 0.3) is 0 Å². The number of aromatic nitrogens is 1. The van der Waals surface area contributed by atoms with E-state index in [0.717, 1.165) is 12.8 Å². The minimum atomic E-state index is 0.110. The van der Waals surface area contributed by atoms with Gasteiger partial charge in [-0.05, 0) is 43.6 Å². The minimum absolute atomic E-state index is 0.110. The molecule has 1 amide bonds. The molecule has 2 aliphatic rings. The van der Waals surface area contributed by atoms with E-state index in [1.165, 1.54) is 19.3 Å². The Labute approximate surface area is 141 Å². The molecule has 5 nitrogen and oxygen atoms in total. The average molecular weight is 338 g/mol. The van der Waals surface area contributed by atoms with Crippen molar-refractivity contribution in [1.82, 2.24) is 10.3 Å². The van der Waals surface area contributed by atoms with Gasteiger partial charge in [-0.2, -0.15) is 0 Å². The molecule has 0 radical (unpaired) electrons. The molecule has 1 heterocycles. The molecule has 2 bridgehead atoms. The molecule has 1 aromatic heterocycles. The Hall–Kier alpha value is -1.33. The number of amides is 1. The molecule has 2 saturated carbocycles. The predicted molar refractivity (Wildman–Crippen MR) is 89.3 cm³/mol. The van der Waals surface area contributed by atoms with Crippen LogP contribution < -0.4 is 15.8 Å². The quantitative estimate of drug-likeness (QED) is 0.809. The Morgan fingerprint density at radius 2 is 2.09 bits per heavy atom. The van der Waals surface area contributed by atoms with Crippen molar-refractivity contribution in [2.75, 3.05) is 13.2 Å². The van der Waals surface area contributed by atoms with Crippen LogP contribution in [0.15, 0.2) is 18.3 Å². The number of nitrogens with two attached hydrogens (primary N) is 1. The number of hydrogen-bond donors (Lipinski definition) is 2. The van der Waals surface area contributed by atoms with Crippen molar-refractivity contribution >= 4 is 17.5 Å². The van der Waals surface area contributed by atoms with E-state index in [2.05, 4.69) is 10.3 Å². The van der Waals surface area contributed by atoms with Gasteiger partial charge in [-0.15, -0.1) is 0 Å². The molecule has 0 spiro atoms. The van der Waals surface area contributed by atoms with E-state index in [1.807, 2.05) is 0 Å². The highest BCUT2D eigenvalue weighted by atomic mass is 35.5. The van der Waals surface area contributed by atoms with Crippen molar-refractivity contribution < 1.29 is 9.53 Å². The summed E-state index contributed by atoms with van der Waals surface area (Å²) in [5.41, 5.74) is 6.28. The fourth-order valence-corrected chi connectivity index (χ4v) is 4.04. The maximum atomic E-state index is 12.4. The molecular formula is C17H24ClN3O2. The Bertz CT molecular complexity index is 523. The maximum Gasteiger partial charge on any atom is 0.223 e. The lowest BCUT2D eigenvalue weighted by molar-refractivity contribution is -0.128. The molecule has 3 N–H and O–H groups in total. The molecule has 126 valence electrons. The first-order valence-corrected chi connectivity index (χ1v) is 8.79. The molecule has 0 saturated heterocycles. The number of nitrogens with zero attached hydrogens (tertiary/aromatic N) is 1. The van der Waals surface area contributed by atoms with Crippen LogP contribution in [0.5, 0.6) is 5.88 Å². The van der Waals surface area contributed by atoms with Gasteiger partial charge in [0.2, 0.25) is 11.8 Å².